The van der Waals surface area contributed by atoms with Crippen LogP contribution in [0.15, 0.2) is 68.5 Å². The number of aromatic nitrogens is 1. The number of unbranched alkanes of at least 4 members (excludes halogenated alkanes) is 1. The quantitative estimate of drug-likeness (QED) is 0.134. The highest BCUT2D eigenvalue weighted by atomic mass is 32.2. The molecule has 2 N–H and O–H groups in total. The molecule has 0 aliphatic carbocycles. The predicted molar refractivity (Wildman–Crippen MR) is 160 cm³/mol. The number of aromatic hydroxyl groups is 1. The highest BCUT2D eigenvalue weighted by Crippen LogP contribution is 2.28. The van der Waals surface area contributed by atoms with E-state index in [1.165, 1.54) is 45.0 Å². The first-order chi connectivity index (χ1) is 20.3. The Kier molecular flexibility index (Phi) is 12.5. The smallest absolute Gasteiger partial charge is 0.493 e. The predicted octanol–water partition coefficient (Wildman–Crippen LogP) is 4.15. The van der Waals surface area contributed by atoms with E-state index in [9.17, 15) is 33.2 Å². The van der Waals surface area contributed by atoms with Crippen molar-refractivity contribution in [1.29, 1.82) is 5.26 Å². The summed E-state index contributed by atoms with van der Waals surface area (Å²) in [6.07, 6.45) is 1.36. The maximum absolute atomic E-state index is 13.4. The Labute approximate surface area is 250 Å². The summed E-state index contributed by atoms with van der Waals surface area (Å²) in [6.45, 7) is 12.8. The van der Waals surface area contributed by atoms with Crippen LogP contribution in [0.25, 0.3) is 0 Å². The lowest BCUT2D eigenvalue weighted by Gasteiger charge is -2.21. The van der Waals surface area contributed by atoms with Gasteiger partial charge in [-0.25, -0.2) is 13.2 Å². The molecule has 13 nitrogen and oxygen atoms in total. The second-order valence-electron chi connectivity index (χ2n) is 9.54. The summed E-state index contributed by atoms with van der Waals surface area (Å²) < 4.78 is 39.2. The Morgan fingerprint density at radius 1 is 1.12 bits per heavy atom. The Hall–Kier alpha value is -4.61. The summed E-state index contributed by atoms with van der Waals surface area (Å²) in [5.41, 5.74) is 0.00301. The van der Waals surface area contributed by atoms with Gasteiger partial charge < -0.3 is 19.4 Å². The number of azo groups is 1. The molecule has 0 fully saturated rings. The van der Waals surface area contributed by atoms with Gasteiger partial charge in [-0.15, -0.1) is 5.11 Å². The van der Waals surface area contributed by atoms with Crippen molar-refractivity contribution in [2.24, 2.45) is 10.2 Å². The first-order valence-electron chi connectivity index (χ1n) is 13.3. The fraction of sp³-hybridized carbons (Fsp3) is 0.379. The van der Waals surface area contributed by atoms with E-state index in [0.29, 0.717) is 6.42 Å². The number of benzene rings is 1. The third-order valence-electron chi connectivity index (χ3n) is 6.11. The second kappa shape index (κ2) is 15.6. The van der Waals surface area contributed by atoms with Crippen molar-refractivity contribution < 1.29 is 32.6 Å². The molecule has 1 aromatic carbocycles. The number of ether oxygens (including phenoxy) is 2. The molecular formula is C29H36N5O8S+. The SMILES string of the molecule is C=C(C)C(=O)OCCN(CCOC(=[OH+])C(=C)C)S(=O)(=O)c1ccc(N=Nc2c(C)c(C#N)c(O)n(CCCC)c2=O)cc1. The molecule has 230 valence electrons. The number of sulfonamides is 1. The van der Waals surface area contributed by atoms with Crippen LogP contribution in [0.1, 0.15) is 44.7 Å². The van der Waals surface area contributed by atoms with E-state index >= 15 is 0 Å². The van der Waals surface area contributed by atoms with Crippen LogP contribution in [0.4, 0.5) is 11.4 Å². The lowest BCUT2D eigenvalue weighted by Crippen LogP contribution is -2.37. The van der Waals surface area contributed by atoms with E-state index in [0.717, 1.165) is 15.3 Å². The number of nitrogens with zero attached hydrogens (tertiary/aromatic N) is 5. The molecule has 0 atom stereocenters. The molecule has 0 saturated carbocycles. The number of nitriles is 1. The first kappa shape index (κ1) is 34.6. The summed E-state index contributed by atoms with van der Waals surface area (Å²) in [6, 6.07) is 7.23. The molecule has 2 rings (SSSR count). The van der Waals surface area contributed by atoms with Gasteiger partial charge >= 0.3 is 11.9 Å². The maximum atomic E-state index is 13.4. The minimum absolute atomic E-state index is 0.0849. The molecular weight excluding hydrogens is 578 g/mol. The van der Waals surface area contributed by atoms with Crippen molar-refractivity contribution in [2.75, 3.05) is 26.3 Å². The number of pyridine rings is 1. The van der Waals surface area contributed by atoms with E-state index < -0.39 is 33.4 Å². The van der Waals surface area contributed by atoms with Crippen molar-refractivity contribution in [2.45, 2.75) is 52.0 Å². The number of rotatable bonds is 15. The highest BCUT2D eigenvalue weighted by molar-refractivity contribution is 7.89. The van der Waals surface area contributed by atoms with Crippen LogP contribution < -0.4 is 5.56 Å². The Bertz CT molecular complexity index is 1590. The molecule has 0 amide bonds. The lowest BCUT2D eigenvalue weighted by atomic mass is 10.1. The van der Waals surface area contributed by atoms with Gasteiger partial charge in [0.25, 0.3) is 5.56 Å². The second-order valence-corrected chi connectivity index (χ2v) is 11.5. The van der Waals surface area contributed by atoms with Crippen LogP contribution in [0, 0.1) is 18.3 Å². The van der Waals surface area contributed by atoms with Gasteiger partial charge in [-0.1, -0.05) is 26.5 Å². The molecule has 0 saturated heterocycles. The van der Waals surface area contributed by atoms with Crippen LogP contribution in [0.3, 0.4) is 0 Å². The summed E-state index contributed by atoms with van der Waals surface area (Å²) >= 11 is 0. The van der Waals surface area contributed by atoms with Gasteiger partial charge in [0.15, 0.2) is 12.3 Å². The van der Waals surface area contributed by atoms with Crippen LogP contribution >= 0.6 is 0 Å². The van der Waals surface area contributed by atoms with E-state index in [4.69, 9.17) is 9.47 Å². The number of carbonyl (C=O) groups excluding carboxylic acids is 2. The van der Waals surface area contributed by atoms with E-state index in [1.807, 2.05) is 13.0 Å². The van der Waals surface area contributed by atoms with Crippen LogP contribution in [-0.2, 0) is 30.8 Å². The van der Waals surface area contributed by atoms with Crippen molar-refractivity contribution in [3.8, 4) is 11.9 Å². The molecule has 1 heterocycles. The first-order valence-corrected chi connectivity index (χ1v) is 14.8. The topological polar surface area (TPSA) is 185 Å². The molecule has 2 aromatic rings. The van der Waals surface area contributed by atoms with Gasteiger partial charge in [-0.3, -0.25) is 9.36 Å². The maximum Gasteiger partial charge on any atom is 0.512 e. The van der Waals surface area contributed by atoms with E-state index in [2.05, 4.69) is 23.4 Å². The Balaban J connectivity index is 2.34. The summed E-state index contributed by atoms with van der Waals surface area (Å²) in [7, 11) is -4.13. The number of carbonyl (C=O) groups is 1. The van der Waals surface area contributed by atoms with Gasteiger partial charge in [-0.2, -0.15) is 14.7 Å². The fourth-order valence-corrected chi connectivity index (χ4v) is 5.01. The highest BCUT2D eigenvalue weighted by Gasteiger charge is 2.27. The standard InChI is InChI=1S/C29H35N5O8S/c1-7-8-13-34-26(35)24(18-30)21(6)25(27(34)36)32-31-22-9-11-23(12-10-22)43(39,40)33(14-16-41-28(37)19(2)3)15-17-42-29(38)20(4)5/h9-12,35H,2,4,7-8,13-17H2,1,3,5-6H3/p+1. The van der Waals surface area contributed by atoms with Crippen molar-refractivity contribution in [3.63, 3.8) is 0 Å². The zero-order valence-corrected chi connectivity index (χ0v) is 25.5. The number of esters is 2. The number of hydrogen-bond donors (Lipinski definition) is 1. The molecule has 1 aromatic heterocycles. The van der Waals surface area contributed by atoms with Gasteiger partial charge in [0.05, 0.1) is 22.7 Å². The monoisotopic (exact) mass is 614 g/mol. The molecule has 0 aliphatic rings. The third kappa shape index (κ3) is 8.94. The van der Waals surface area contributed by atoms with Crippen molar-refractivity contribution in [1.82, 2.24) is 8.87 Å². The van der Waals surface area contributed by atoms with Crippen LogP contribution in [0.5, 0.6) is 5.88 Å². The van der Waals surface area contributed by atoms with Crippen LogP contribution in [-0.4, -0.2) is 65.4 Å². The fourth-order valence-electron chi connectivity index (χ4n) is 3.61. The van der Waals surface area contributed by atoms with Crippen LogP contribution in [0.2, 0.25) is 0 Å². The lowest BCUT2D eigenvalue weighted by molar-refractivity contribution is -0.139. The number of hydrogen-bond acceptors (Lipinski definition) is 10. The van der Waals surface area contributed by atoms with Gasteiger partial charge in [-0.05, 0) is 51.5 Å². The summed E-state index contributed by atoms with van der Waals surface area (Å²) in [5, 5.41) is 28.0. The summed E-state index contributed by atoms with van der Waals surface area (Å²) in [5.74, 6) is -1.52. The normalized spacial score (nSPS) is 11.3. The Morgan fingerprint density at radius 2 is 1.72 bits per heavy atom. The molecule has 0 spiro atoms. The minimum Gasteiger partial charge on any atom is -0.493 e. The molecule has 14 heteroatoms. The average molecular weight is 615 g/mol. The zero-order valence-electron chi connectivity index (χ0n) is 24.7. The van der Waals surface area contributed by atoms with Gasteiger partial charge in [0.2, 0.25) is 15.9 Å². The molecule has 0 unspecified atom stereocenters. The third-order valence-corrected chi connectivity index (χ3v) is 8.02. The minimum atomic E-state index is -4.13. The largest absolute Gasteiger partial charge is 0.512 e. The molecule has 0 bridgehead atoms. The Morgan fingerprint density at radius 3 is 2.26 bits per heavy atom. The average Bonchev–Trinajstić information content (AvgIpc) is 2.96. The van der Waals surface area contributed by atoms with E-state index in [-0.39, 0.29) is 71.4 Å². The van der Waals surface area contributed by atoms with Crippen molar-refractivity contribution >= 4 is 33.3 Å². The van der Waals surface area contributed by atoms with Crippen molar-refractivity contribution in [3.05, 3.63) is 70.1 Å². The zero-order chi connectivity index (χ0) is 32.3. The molecule has 0 radical (unpaired) electrons. The van der Waals surface area contributed by atoms with Gasteiger partial charge in [0, 0.05) is 24.2 Å². The summed E-state index contributed by atoms with van der Waals surface area (Å²) in [4.78, 5) is 34.4. The van der Waals surface area contributed by atoms with E-state index in [1.54, 1.807) is 0 Å². The van der Waals surface area contributed by atoms with Gasteiger partial charge in [0.1, 0.15) is 18.2 Å². The molecule has 43 heavy (non-hydrogen) atoms. The molecule has 0 aliphatic heterocycles.